The lowest BCUT2D eigenvalue weighted by Crippen LogP contribution is -2.47. The molecule has 0 aliphatic carbocycles. The molecule has 18 heavy (non-hydrogen) atoms. The highest BCUT2D eigenvalue weighted by Crippen LogP contribution is 2.39. The van der Waals surface area contributed by atoms with Gasteiger partial charge in [-0.1, -0.05) is 27.2 Å². The van der Waals surface area contributed by atoms with Crippen molar-refractivity contribution in [2.24, 2.45) is 11.8 Å². The lowest BCUT2D eigenvalue weighted by Gasteiger charge is -2.40. The Labute approximate surface area is 114 Å². The molecule has 2 heteroatoms. The van der Waals surface area contributed by atoms with E-state index < -0.39 is 0 Å². The Balaban J connectivity index is 1.94. The molecule has 2 nitrogen and oxygen atoms in total. The van der Waals surface area contributed by atoms with Crippen LogP contribution in [0.15, 0.2) is 0 Å². The first-order valence-corrected chi connectivity index (χ1v) is 8.10. The van der Waals surface area contributed by atoms with Crippen molar-refractivity contribution >= 4 is 0 Å². The molecule has 2 saturated heterocycles. The van der Waals surface area contributed by atoms with Gasteiger partial charge in [0, 0.05) is 18.1 Å². The highest BCUT2D eigenvalue weighted by atomic mass is 15.2. The van der Waals surface area contributed by atoms with Crippen LogP contribution in [0.2, 0.25) is 0 Å². The normalized spacial score (nSPS) is 35.7. The second kappa shape index (κ2) is 6.38. The van der Waals surface area contributed by atoms with E-state index >= 15 is 0 Å². The van der Waals surface area contributed by atoms with Crippen molar-refractivity contribution in [3.05, 3.63) is 0 Å². The van der Waals surface area contributed by atoms with E-state index in [1.54, 1.807) is 0 Å². The van der Waals surface area contributed by atoms with Crippen molar-refractivity contribution in [2.45, 2.75) is 77.4 Å². The Hall–Kier alpha value is -0.0800. The highest BCUT2D eigenvalue weighted by Gasteiger charge is 2.40. The largest absolute Gasteiger partial charge is 0.314 e. The average molecular weight is 252 g/mol. The number of nitrogens with one attached hydrogen (secondary N) is 1. The first kappa shape index (κ1) is 14.3. The topological polar surface area (TPSA) is 15.3 Å². The molecule has 0 spiro atoms. The van der Waals surface area contributed by atoms with Crippen LogP contribution in [-0.2, 0) is 0 Å². The molecule has 4 unspecified atom stereocenters. The smallest absolute Gasteiger partial charge is 0.00989 e. The van der Waals surface area contributed by atoms with Gasteiger partial charge < -0.3 is 10.2 Å². The van der Waals surface area contributed by atoms with Gasteiger partial charge in [-0.25, -0.2) is 0 Å². The number of piperidine rings is 1. The predicted octanol–water partition coefficient (Wildman–Crippen LogP) is 3.27. The third-order valence-electron chi connectivity index (χ3n) is 5.52. The molecule has 4 atom stereocenters. The molecule has 2 aliphatic heterocycles. The van der Waals surface area contributed by atoms with Crippen molar-refractivity contribution in [1.82, 2.24) is 10.2 Å². The fourth-order valence-corrected chi connectivity index (χ4v) is 4.09. The van der Waals surface area contributed by atoms with Gasteiger partial charge in [0.1, 0.15) is 0 Å². The van der Waals surface area contributed by atoms with Gasteiger partial charge in [0.05, 0.1) is 0 Å². The zero-order chi connectivity index (χ0) is 13.1. The molecule has 0 aromatic heterocycles. The first-order chi connectivity index (χ1) is 8.65. The summed E-state index contributed by atoms with van der Waals surface area (Å²) in [4.78, 5) is 2.66. The molecule has 0 radical (unpaired) electrons. The third kappa shape index (κ3) is 3.08. The van der Waals surface area contributed by atoms with Gasteiger partial charge in [-0.05, 0) is 57.5 Å². The third-order valence-corrected chi connectivity index (χ3v) is 5.52. The molecule has 0 saturated carbocycles. The molecule has 0 amide bonds. The second-order valence-corrected chi connectivity index (χ2v) is 6.70. The summed E-state index contributed by atoms with van der Waals surface area (Å²) in [5, 5.41) is 3.78. The summed E-state index contributed by atoms with van der Waals surface area (Å²) < 4.78 is 0. The lowest BCUT2D eigenvalue weighted by molar-refractivity contribution is 0.106. The minimum Gasteiger partial charge on any atom is -0.314 e. The van der Waals surface area contributed by atoms with Crippen molar-refractivity contribution in [1.29, 1.82) is 0 Å². The van der Waals surface area contributed by atoms with Crippen LogP contribution >= 0.6 is 0 Å². The van der Waals surface area contributed by atoms with E-state index in [1.165, 1.54) is 38.5 Å². The number of nitrogens with zero attached hydrogens (tertiary/aromatic N) is 1. The molecular weight excluding hydrogens is 220 g/mol. The summed E-state index contributed by atoms with van der Waals surface area (Å²) in [6.07, 6.45) is 8.45. The SMILES string of the molecule is CCNC(CC(C)CC)C1CC2CCC(C1)N2C. The average Bonchev–Trinajstić information content (AvgIpc) is 2.60. The van der Waals surface area contributed by atoms with Crippen molar-refractivity contribution in [2.75, 3.05) is 13.6 Å². The van der Waals surface area contributed by atoms with Crippen molar-refractivity contribution in [3.63, 3.8) is 0 Å². The molecule has 0 aromatic carbocycles. The standard InChI is InChI=1S/C16H32N2/c1-5-12(3)9-16(17-6-2)13-10-14-7-8-15(11-13)18(14)4/h12-17H,5-11H2,1-4H3. The van der Waals surface area contributed by atoms with Gasteiger partial charge in [0.15, 0.2) is 0 Å². The van der Waals surface area contributed by atoms with Crippen molar-refractivity contribution < 1.29 is 0 Å². The Bertz CT molecular complexity index is 239. The van der Waals surface area contributed by atoms with E-state index in [4.69, 9.17) is 0 Å². The zero-order valence-electron chi connectivity index (χ0n) is 12.8. The molecule has 0 aromatic rings. The molecule has 106 valence electrons. The van der Waals surface area contributed by atoms with Crippen LogP contribution in [0.1, 0.15) is 59.3 Å². The van der Waals surface area contributed by atoms with Gasteiger partial charge in [-0.15, -0.1) is 0 Å². The fourth-order valence-electron chi connectivity index (χ4n) is 4.09. The monoisotopic (exact) mass is 252 g/mol. The van der Waals surface area contributed by atoms with E-state index in [0.717, 1.165) is 36.5 Å². The first-order valence-electron chi connectivity index (χ1n) is 8.10. The van der Waals surface area contributed by atoms with Crippen LogP contribution in [0.3, 0.4) is 0 Å². The summed E-state index contributed by atoms with van der Waals surface area (Å²) >= 11 is 0. The molecular formula is C16H32N2. The molecule has 2 heterocycles. The molecule has 2 rings (SSSR count). The minimum absolute atomic E-state index is 0.766. The van der Waals surface area contributed by atoms with E-state index in [2.05, 4.69) is 38.0 Å². The maximum absolute atomic E-state index is 3.78. The lowest BCUT2D eigenvalue weighted by atomic mass is 9.81. The van der Waals surface area contributed by atoms with Crippen LogP contribution < -0.4 is 5.32 Å². The van der Waals surface area contributed by atoms with Crippen LogP contribution in [0.5, 0.6) is 0 Å². The minimum atomic E-state index is 0.766. The number of fused-ring (bicyclic) bond motifs is 2. The molecule has 2 aliphatic rings. The van der Waals surface area contributed by atoms with Gasteiger partial charge in [-0.3, -0.25) is 0 Å². The Morgan fingerprint density at radius 2 is 1.78 bits per heavy atom. The summed E-state index contributed by atoms with van der Waals surface area (Å²) in [6.45, 7) is 8.12. The molecule has 2 bridgehead atoms. The van der Waals surface area contributed by atoms with Gasteiger partial charge in [0.2, 0.25) is 0 Å². The summed E-state index contributed by atoms with van der Waals surface area (Å²) in [5.41, 5.74) is 0. The highest BCUT2D eigenvalue weighted by molar-refractivity contribution is 4.96. The Morgan fingerprint density at radius 3 is 2.28 bits per heavy atom. The maximum Gasteiger partial charge on any atom is 0.00989 e. The van der Waals surface area contributed by atoms with E-state index in [1.807, 2.05) is 0 Å². The fraction of sp³-hybridized carbons (Fsp3) is 1.00. The van der Waals surface area contributed by atoms with Crippen molar-refractivity contribution in [3.8, 4) is 0 Å². The van der Waals surface area contributed by atoms with Gasteiger partial charge >= 0.3 is 0 Å². The second-order valence-electron chi connectivity index (χ2n) is 6.70. The number of hydrogen-bond acceptors (Lipinski definition) is 2. The quantitative estimate of drug-likeness (QED) is 0.780. The van der Waals surface area contributed by atoms with Crippen LogP contribution in [-0.4, -0.2) is 36.6 Å². The van der Waals surface area contributed by atoms with Gasteiger partial charge in [-0.2, -0.15) is 0 Å². The van der Waals surface area contributed by atoms with Gasteiger partial charge in [0.25, 0.3) is 0 Å². The zero-order valence-corrected chi connectivity index (χ0v) is 12.8. The van der Waals surface area contributed by atoms with Crippen LogP contribution in [0.25, 0.3) is 0 Å². The molecule has 1 N–H and O–H groups in total. The number of rotatable bonds is 6. The van der Waals surface area contributed by atoms with E-state index in [9.17, 15) is 0 Å². The predicted molar refractivity (Wildman–Crippen MR) is 78.8 cm³/mol. The van der Waals surface area contributed by atoms with E-state index in [0.29, 0.717) is 0 Å². The maximum atomic E-state index is 3.78. The Morgan fingerprint density at radius 1 is 1.17 bits per heavy atom. The molecule has 2 fully saturated rings. The van der Waals surface area contributed by atoms with Crippen LogP contribution in [0, 0.1) is 11.8 Å². The summed E-state index contributed by atoms with van der Waals surface area (Å²) in [7, 11) is 2.34. The Kier molecular flexibility index (Phi) is 5.08. The van der Waals surface area contributed by atoms with E-state index in [-0.39, 0.29) is 0 Å². The summed E-state index contributed by atoms with van der Waals surface area (Å²) in [5.74, 6) is 1.79. The van der Waals surface area contributed by atoms with Crippen LogP contribution in [0.4, 0.5) is 0 Å². The number of hydrogen-bond donors (Lipinski definition) is 1. The summed E-state index contributed by atoms with van der Waals surface area (Å²) in [6, 6.07) is 2.53.